The molecule has 0 aliphatic carbocycles. The number of nitrogens with one attached hydrogen (secondary N) is 1. The van der Waals surface area contributed by atoms with Crippen LogP contribution in [0.15, 0.2) is 59.7 Å². The lowest BCUT2D eigenvalue weighted by Gasteiger charge is -2.12. The lowest BCUT2D eigenvalue weighted by Crippen LogP contribution is -2.24. The SMILES string of the molecule is Nc1c2c(cc(=O)n1-c1cccc(C=Cc3ccncc3)c1)C(=O)NC2=O. The Morgan fingerprint density at radius 1 is 0.926 bits per heavy atom. The molecule has 1 aromatic carbocycles. The predicted octanol–water partition coefficient (Wildman–Crippen LogP) is 1.87. The summed E-state index contributed by atoms with van der Waals surface area (Å²) in [4.78, 5) is 40.2. The molecule has 1 aliphatic heterocycles. The highest BCUT2D eigenvalue weighted by molar-refractivity contribution is 6.23. The van der Waals surface area contributed by atoms with Gasteiger partial charge in [0.1, 0.15) is 5.82 Å². The average molecular weight is 358 g/mol. The molecule has 7 nitrogen and oxygen atoms in total. The van der Waals surface area contributed by atoms with E-state index < -0.39 is 17.4 Å². The standard InChI is InChI=1S/C20H14N4O3/c21-18-17-15(19(26)23-20(17)27)11-16(25)24(18)14-3-1-2-13(10-14)5-4-12-6-8-22-9-7-12/h1-11H,21H2,(H,23,26,27). The molecule has 7 heteroatoms. The van der Waals surface area contributed by atoms with Gasteiger partial charge in [-0.2, -0.15) is 0 Å². The number of fused-ring (bicyclic) bond motifs is 1. The molecule has 0 saturated carbocycles. The van der Waals surface area contributed by atoms with Gasteiger partial charge >= 0.3 is 0 Å². The molecule has 0 unspecified atom stereocenters. The van der Waals surface area contributed by atoms with Gasteiger partial charge in [0.15, 0.2) is 0 Å². The van der Waals surface area contributed by atoms with E-state index >= 15 is 0 Å². The van der Waals surface area contributed by atoms with Crippen LogP contribution in [0, 0.1) is 0 Å². The number of hydrogen-bond donors (Lipinski definition) is 2. The average Bonchev–Trinajstić information content (AvgIpc) is 2.95. The zero-order chi connectivity index (χ0) is 19.0. The maximum Gasteiger partial charge on any atom is 0.262 e. The van der Waals surface area contributed by atoms with Gasteiger partial charge in [-0.15, -0.1) is 0 Å². The minimum Gasteiger partial charge on any atom is -0.384 e. The number of carbonyl (C=O) groups excluding carboxylic acids is 2. The first-order valence-corrected chi connectivity index (χ1v) is 8.14. The zero-order valence-electron chi connectivity index (χ0n) is 14.0. The highest BCUT2D eigenvalue weighted by Crippen LogP contribution is 2.23. The third-order valence-corrected chi connectivity index (χ3v) is 4.26. The first kappa shape index (κ1) is 16.5. The van der Waals surface area contributed by atoms with Crippen molar-refractivity contribution < 1.29 is 9.59 Å². The minimum absolute atomic E-state index is 0.00693. The molecule has 27 heavy (non-hydrogen) atoms. The minimum atomic E-state index is -0.611. The first-order chi connectivity index (χ1) is 13.0. The lowest BCUT2D eigenvalue weighted by atomic mass is 10.1. The molecule has 4 rings (SSSR count). The summed E-state index contributed by atoms with van der Waals surface area (Å²) in [5, 5.41) is 2.15. The van der Waals surface area contributed by atoms with Crippen molar-refractivity contribution in [3.63, 3.8) is 0 Å². The van der Waals surface area contributed by atoms with Gasteiger partial charge in [0.2, 0.25) is 0 Å². The lowest BCUT2D eigenvalue weighted by molar-refractivity contribution is 0.0880. The number of pyridine rings is 2. The summed E-state index contributed by atoms with van der Waals surface area (Å²) in [6.45, 7) is 0. The molecule has 3 heterocycles. The van der Waals surface area contributed by atoms with Crippen LogP contribution in [0.25, 0.3) is 17.8 Å². The number of aromatic nitrogens is 2. The monoisotopic (exact) mass is 358 g/mol. The third-order valence-electron chi connectivity index (χ3n) is 4.26. The molecule has 0 saturated heterocycles. The van der Waals surface area contributed by atoms with Gasteiger partial charge in [0, 0.05) is 18.5 Å². The Balaban J connectivity index is 1.78. The maximum atomic E-state index is 12.5. The van der Waals surface area contributed by atoms with Crippen molar-refractivity contribution in [1.29, 1.82) is 0 Å². The second kappa shape index (κ2) is 6.38. The Hall–Kier alpha value is -4.00. The fourth-order valence-electron chi connectivity index (χ4n) is 2.98. The number of anilines is 1. The molecule has 0 spiro atoms. The fraction of sp³-hybridized carbons (Fsp3) is 0. The molecule has 0 bridgehead atoms. The number of nitrogen functional groups attached to an aromatic ring is 1. The van der Waals surface area contributed by atoms with Crippen LogP contribution in [0.1, 0.15) is 31.8 Å². The summed E-state index contributed by atoms with van der Waals surface area (Å²) in [6.07, 6.45) is 7.21. The number of carbonyl (C=O) groups is 2. The van der Waals surface area contributed by atoms with Crippen LogP contribution in [-0.4, -0.2) is 21.4 Å². The Morgan fingerprint density at radius 3 is 2.44 bits per heavy atom. The normalized spacial score (nSPS) is 13.0. The van der Waals surface area contributed by atoms with Crippen LogP contribution >= 0.6 is 0 Å². The second-order valence-electron chi connectivity index (χ2n) is 5.98. The molecule has 0 fully saturated rings. The summed E-state index contributed by atoms with van der Waals surface area (Å²) in [5.41, 5.74) is 7.95. The van der Waals surface area contributed by atoms with E-state index in [0.717, 1.165) is 17.2 Å². The number of rotatable bonds is 3. The van der Waals surface area contributed by atoms with E-state index in [1.54, 1.807) is 30.6 Å². The van der Waals surface area contributed by atoms with Gasteiger partial charge in [-0.25, -0.2) is 0 Å². The second-order valence-corrected chi connectivity index (χ2v) is 5.98. The summed E-state index contributed by atoms with van der Waals surface area (Å²) in [7, 11) is 0. The summed E-state index contributed by atoms with van der Waals surface area (Å²) < 4.78 is 1.22. The largest absolute Gasteiger partial charge is 0.384 e. The quantitative estimate of drug-likeness (QED) is 0.695. The highest BCUT2D eigenvalue weighted by Gasteiger charge is 2.31. The number of nitrogens with zero attached hydrogens (tertiary/aromatic N) is 2. The Labute approximate surface area is 153 Å². The van der Waals surface area contributed by atoms with Crippen LogP contribution < -0.4 is 16.6 Å². The van der Waals surface area contributed by atoms with Gasteiger partial charge in [-0.05, 0) is 35.4 Å². The van der Waals surface area contributed by atoms with Crippen LogP contribution in [0.2, 0.25) is 0 Å². The third kappa shape index (κ3) is 2.91. The van der Waals surface area contributed by atoms with Gasteiger partial charge in [-0.3, -0.25) is 29.3 Å². The number of nitrogens with two attached hydrogens (primary N) is 1. The van der Waals surface area contributed by atoms with Crippen LogP contribution in [0.3, 0.4) is 0 Å². The first-order valence-electron chi connectivity index (χ1n) is 8.14. The van der Waals surface area contributed by atoms with Gasteiger partial charge in [-0.1, -0.05) is 24.3 Å². The van der Waals surface area contributed by atoms with Crippen LogP contribution in [0.5, 0.6) is 0 Å². The summed E-state index contributed by atoms with van der Waals surface area (Å²) in [5.74, 6) is -1.27. The zero-order valence-corrected chi connectivity index (χ0v) is 14.0. The van der Waals surface area contributed by atoms with E-state index in [1.165, 1.54) is 4.57 Å². The Kier molecular flexibility index (Phi) is 3.89. The van der Waals surface area contributed by atoms with E-state index in [0.29, 0.717) is 5.69 Å². The summed E-state index contributed by atoms with van der Waals surface area (Å²) >= 11 is 0. The van der Waals surface area contributed by atoms with E-state index in [9.17, 15) is 14.4 Å². The van der Waals surface area contributed by atoms with Crippen molar-refractivity contribution in [3.05, 3.63) is 87.5 Å². The topological polar surface area (TPSA) is 107 Å². The van der Waals surface area contributed by atoms with Crippen molar-refractivity contribution in [2.75, 3.05) is 5.73 Å². The molecule has 1 aliphatic rings. The van der Waals surface area contributed by atoms with Crippen molar-refractivity contribution in [2.24, 2.45) is 0 Å². The van der Waals surface area contributed by atoms with E-state index in [4.69, 9.17) is 5.73 Å². The molecule has 3 N–H and O–H groups in total. The Morgan fingerprint density at radius 2 is 1.67 bits per heavy atom. The van der Waals surface area contributed by atoms with Gasteiger partial charge in [0.25, 0.3) is 17.4 Å². The predicted molar refractivity (Wildman–Crippen MR) is 101 cm³/mol. The van der Waals surface area contributed by atoms with Crippen molar-refractivity contribution in [1.82, 2.24) is 14.9 Å². The van der Waals surface area contributed by atoms with E-state index in [-0.39, 0.29) is 16.9 Å². The number of amides is 2. The number of imide groups is 1. The molecule has 3 aromatic rings. The molecule has 0 radical (unpaired) electrons. The van der Waals surface area contributed by atoms with Crippen LogP contribution in [0.4, 0.5) is 5.82 Å². The van der Waals surface area contributed by atoms with Gasteiger partial charge < -0.3 is 5.73 Å². The molecule has 2 aromatic heterocycles. The van der Waals surface area contributed by atoms with Gasteiger partial charge in [0.05, 0.1) is 16.8 Å². The summed E-state index contributed by atoms with van der Waals surface area (Å²) in [6, 6.07) is 12.0. The molecular formula is C20H14N4O3. The van der Waals surface area contributed by atoms with Crippen molar-refractivity contribution in [3.8, 4) is 5.69 Å². The smallest absolute Gasteiger partial charge is 0.262 e. The molecule has 132 valence electrons. The number of benzene rings is 1. The maximum absolute atomic E-state index is 12.5. The van der Waals surface area contributed by atoms with E-state index in [1.807, 2.05) is 30.4 Å². The fourth-order valence-corrected chi connectivity index (χ4v) is 2.98. The van der Waals surface area contributed by atoms with Crippen LogP contribution in [-0.2, 0) is 0 Å². The van der Waals surface area contributed by atoms with E-state index in [2.05, 4.69) is 10.3 Å². The number of hydrogen-bond acceptors (Lipinski definition) is 5. The molecular weight excluding hydrogens is 344 g/mol. The highest BCUT2D eigenvalue weighted by atomic mass is 16.2. The van der Waals surface area contributed by atoms with Crippen molar-refractivity contribution in [2.45, 2.75) is 0 Å². The van der Waals surface area contributed by atoms with Crippen molar-refractivity contribution >= 4 is 29.8 Å². The molecule has 0 atom stereocenters. The molecule has 2 amide bonds. The Bertz CT molecular complexity index is 1160.